The minimum absolute atomic E-state index is 0.0313. The third-order valence-electron chi connectivity index (χ3n) is 7.56. The largest absolute Gasteiger partial charge is 0.497 e. The minimum Gasteiger partial charge on any atom is -0.497 e. The Kier molecular flexibility index (Phi) is 12.4. The summed E-state index contributed by atoms with van der Waals surface area (Å²) in [5.74, 6) is 0.0233. The van der Waals surface area contributed by atoms with Crippen LogP contribution in [0.25, 0.3) is 0 Å². The van der Waals surface area contributed by atoms with E-state index in [0.717, 1.165) is 12.7 Å². The minimum atomic E-state index is -3.86. The molecule has 0 saturated heterocycles. The molecule has 0 fully saturated rings. The lowest BCUT2D eigenvalue weighted by Gasteiger charge is -2.35. The van der Waals surface area contributed by atoms with Crippen LogP contribution in [0, 0.1) is 5.92 Å². The molecule has 12 nitrogen and oxygen atoms in total. The van der Waals surface area contributed by atoms with Gasteiger partial charge in [-0.05, 0) is 75.6 Å². The van der Waals surface area contributed by atoms with Crippen LogP contribution in [0.4, 0.5) is 5.69 Å². The van der Waals surface area contributed by atoms with Crippen LogP contribution in [0.5, 0.6) is 11.5 Å². The van der Waals surface area contributed by atoms with Crippen molar-refractivity contribution in [3.8, 4) is 11.5 Å². The molecule has 1 aliphatic rings. The zero-order valence-electron chi connectivity index (χ0n) is 26.2. The molecular formula is C30H45N3O9S2. The molecule has 2 aromatic carbocycles. The number of hydrogen-bond donors (Lipinski definition) is 2. The predicted molar refractivity (Wildman–Crippen MR) is 168 cm³/mol. The predicted octanol–water partition coefficient (Wildman–Crippen LogP) is 3.18. The summed E-state index contributed by atoms with van der Waals surface area (Å²) in [6.07, 6.45) is 2.34. The molecule has 4 atom stereocenters. The lowest BCUT2D eigenvalue weighted by Crippen LogP contribution is -2.48. The molecule has 0 saturated carbocycles. The molecule has 2 aromatic rings. The molecule has 1 aliphatic heterocycles. The van der Waals surface area contributed by atoms with Crippen LogP contribution in [0.15, 0.2) is 47.4 Å². The molecule has 0 bridgehead atoms. The zero-order chi connectivity index (χ0) is 32.7. The molecule has 44 heavy (non-hydrogen) atoms. The SMILES string of the molecule is COc1ccc(S(=O)(=O)N(C)C[C@@H]2OCCCC[C@@H](C)Oc3ccc(NS(C)(=O)=O)cc3C(=O)N([C@H](C)CO)C[C@@H]2C)cc1. The van der Waals surface area contributed by atoms with Crippen molar-refractivity contribution in [1.29, 1.82) is 0 Å². The fraction of sp³-hybridized carbons (Fsp3) is 0.567. The normalized spacial score (nSPS) is 21.6. The molecule has 0 radical (unpaired) electrons. The van der Waals surface area contributed by atoms with Gasteiger partial charge >= 0.3 is 0 Å². The summed E-state index contributed by atoms with van der Waals surface area (Å²) in [6, 6.07) is 10.1. The van der Waals surface area contributed by atoms with E-state index in [1.54, 1.807) is 25.1 Å². The van der Waals surface area contributed by atoms with Crippen LogP contribution in [-0.4, -0.2) is 102 Å². The maximum absolute atomic E-state index is 14.1. The quantitative estimate of drug-likeness (QED) is 0.415. The molecule has 0 unspecified atom stereocenters. The highest BCUT2D eigenvalue weighted by atomic mass is 32.2. The lowest BCUT2D eigenvalue weighted by atomic mass is 10.0. The number of carbonyl (C=O) groups is 1. The van der Waals surface area contributed by atoms with Crippen LogP contribution in [0.1, 0.15) is 50.4 Å². The number of likely N-dealkylation sites (N-methyl/N-ethyl adjacent to an activating group) is 1. The van der Waals surface area contributed by atoms with E-state index in [1.807, 2.05) is 13.8 Å². The standard InChI is InChI=1S/C30H45N3O9S2/c1-21-18-33(22(2)20-34)30(35)27-17-24(31-43(6,36)37)10-15-28(27)42-23(3)9-7-8-16-41-29(21)19-32(4)44(38,39)26-13-11-25(40-5)12-14-26/h10-15,17,21-23,29,31,34H,7-9,16,18-20H2,1-6H3/t21-,22+,23+,29-/m0/s1. The Morgan fingerprint density at radius 2 is 1.80 bits per heavy atom. The summed E-state index contributed by atoms with van der Waals surface area (Å²) in [7, 11) is -4.47. The summed E-state index contributed by atoms with van der Waals surface area (Å²) >= 11 is 0. The van der Waals surface area contributed by atoms with E-state index < -0.39 is 38.1 Å². The highest BCUT2D eigenvalue weighted by molar-refractivity contribution is 7.92. The van der Waals surface area contributed by atoms with Crippen LogP contribution < -0.4 is 14.2 Å². The Morgan fingerprint density at radius 3 is 2.41 bits per heavy atom. The Morgan fingerprint density at radius 1 is 1.11 bits per heavy atom. The average Bonchev–Trinajstić information content (AvgIpc) is 2.97. The second-order valence-corrected chi connectivity index (χ2v) is 15.1. The Hall–Kier alpha value is -2.91. The van der Waals surface area contributed by atoms with E-state index in [4.69, 9.17) is 14.2 Å². The van der Waals surface area contributed by atoms with E-state index in [9.17, 15) is 26.7 Å². The van der Waals surface area contributed by atoms with Crippen LogP contribution in [0.3, 0.4) is 0 Å². The van der Waals surface area contributed by atoms with E-state index in [2.05, 4.69) is 4.72 Å². The molecule has 1 heterocycles. The first kappa shape index (κ1) is 35.6. The van der Waals surface area contributed by atoms with E-state index in [-0.39, 0.29) is 47.9 Å². The summed E-state index contributed by atoms with van der Waals surface area (Å²) in [5.41, 5.74) is 0.347. The van der Waals surface area contributed by atoms with Gasteiger partial charge in [0.1, 0.15) is 11.5 Å². The fourth-order valence-electron chi connectivity index (χ4n) is 4.94. The Balaban J connectivity index is 1.97. The van der Waals surface area contributed by atoms with Gasteiger partial charge in [-0.1, -0.05) is 6.92 Å². The number of amides is 1. The molecule has 0 spiro atoms. The van der Waals surface area contributed by atoms with Crippen molar-refractivity contribution in [3.05, 3.63) is 48.0 Å². The van der Waals surface area contributed by atoms with Gasteiger partial charge in [-0.15, -0.1) is 0 Å². The Bertz CT molecular complexity index is 1470. The monoisotopic (exact) mass is 655 g/mol. The zero-order valence-corrected chi connectivity index (χ0v) is 27.9. The van der Waals surface area contributed by atoms with Gasteiger partial charge in [-0.2, -0.15) is 4.31 Å². The number of methoxy groups -OCH3 is 1. The maximum Gasteiger partial charge on any atom is 0.258 e. The molecule has 246 valence electrons. The van der Waals surface area contributed by atoms with Gasteiger partial charge in [0.25, 0.3) is 5.91 Å². The first-order valence-electron chi connectivity index (χ1n) is 14.6. The van der Waals surface area contributed by atoms with Gasteiger partial charge in [0.05, 0.1) is 48.7 Å². The van der Waals surface area contributed by atoms with E-state index in [1.165, 1.54) is 47.6 Å². The van der Waals surface area contributed by atoms with Gasteiger partial charge in [-0.25, -0.2) is 16.8 Å². The third kappa shape index (κ3) is 9.54. The van der Waals surface area contributed by atoms with Crippen LogP contribution >= 0.6 is 0 Å². The van der Waals surface area contributed by atoms with E-state index >= 15 is 0 Å². The number of nitrogens with one attached hydrogen (secondary N) is 1. The van der Waals surface area contributed by atoms with Crippen molar-refractivity contribution in [2.45, 2.75) is 63.2 Å². The van der Waals surface area contributed by atoms with Crippen molar-refractivity contribution in [2.24, 2.45) is 5.92 Å². The van der Waals surface area contributed by atoms with E-state index in [0.29, 0.717) is 30.9 Å². The first-order valence-corrected chi connectivity index (χ1v) is 17.9. The molecule has 3 rings (SSSR count). The van der Waals surface area contributed by atoms with Gasteiger partial charge in [0, 0.05) is 38.3 Å². The van der Waals surface area contributed by atoms with Crippen molar-refractivity contribution in [1.82, 2.24) is 9.21 Å². The van der Waals surface area contributed by atoms with Gasteiger partial charge in [0.15, 0.2) is 0 Å². The van der Waals surface area contributed by atoms with Crippen molar-refractivity contribution < 1.29 is 40.9 Å². The fourth-order valence-corrected chi connectivity index (χ4v) is 6.68. The molecule has 2 N–H and O–H groups in total. The van der Waals surface area contributed by atoms with Crippen molar-refractivity contribution >= 4 is 31.6 Å². The maximum atomic E-state index is 14.1. The number of nitrogens with zero attached hydrogens (tertiary/aromatic N) is 2. The average molecular weight is 656 g/mol. The number of carbonyl (C=O) groups excluding carboxylic acids is 1. The smallest absolute Gasteiger partial charge is 0.258 e. The number of rotatable bonds is 9. The van der Waals surface area contributed by atoms with Gasteiger partial charge in [-0.3, -0.25) is 9.52 Å². The molecule has 14 heteroatoms. The van der Waals surface area contributed by atoms with Gasteiger partial charge < -0.3 is 24.2 Å². The lowest BCUT2D eigenvalue weighted by molar-refractivity contribution is -0.00833. The number of sulfonamides is 2. The first-order chi connectivity index (χ1) is 20.7. The molecule has 1 amide bonds. The van der Waals surface area contributed by atoms with Crippen LogP contribution in [0.2, 0.25) is 0 Å². The third-order valence-corrected chi connectivity index (χ3v) is 10.0. The topological polar surface area (TPSA) is 152 Å². The molecule has 0 aromatic heterocycles. The number of benzene rings is 2. The highest BCUT2D eigenvalue weighted by Crippen LogP contribution is 2.29. The number of aliphatic hydroxyl groups is 1. The van der Waals surface area contributed by atoms with Crippen LogP contribution in [-0.2, 0) is 24.8 Å². The second kappa shape index (κ2) is 15.4. The summed E-state index contributed by atoms with van der Waals surface area (Å²) in [5, 5.41) is 10.1. The van der Waals surface area contributed by atoms with Gasteiger partial charge in [0.2, 0.25) is 20.0 Å². The number of hydrogen-bond acceptors (Lipinski definition) is 9. The number of aliphatic hydroxyl groups excluding tert-OH is 1. The highest BCUT2D eigenvalue weighted by Gasteiger charge is 2.32. The number of ether oxygens (including phenoxy) is 3. The van der Waals surface area contributed by atoms with Crippen molar-refractivity contribution in [2.75, 3.05) is 51.4 Å². The summed E-state index contributed by atoms with van der Waals surface area (Å²) in [4.78, 5) is 15.7. The van der Waals surface area contributed by atoms with Crippen molar-refractivity contribution in [3.63, 3.8) is 0 Å². The molecule has 0 aliphatic carbocycles. The second-order valence-electron chi connectivity index (χ2n) is 11.3. The number of anilines is 1. The summed E-state index contributed by atoms with van der Waals surface area (Å²) < 4.78 is 71.9. The summed E-state index contributed by atoms with van der Waals surface area (Å²) in [6.45, 7) is 5.68. The molecular weight excluding hydrogens is 610 g/mol. The number of fused-ring (bicyclic) bond motifs is 1. The Labute approximate surface area is 261 Å².